The largest absolute Gasteiger partial charge is 0.299 e. The van der Waals surface area contributed by atoms with Gasteiger partial charge in [-0.25, -0.2) is 0 Å². The highest BCUT2D eigenvalue weighted by Crippen LogP contribution is 2.36. The molecule has 1 aromatic heterocycles. The lowest BCUT2D eigenvalue weighted by atomic mass is 9.74. The molecule has 0 saturated carbocycles. The third-order valence-electron chi connectivity index (χ3n) is 3.38. The van der Waals surface area contributed by atoms with Crippen molar-refractivity contribution >= 4 is 21.7 Å². The van der Waals surface area contributed by atoms with E-state index in [1.165, 1.54) is 11.1 Å². The summed E-state index contributed by atoms with van der Waals surface area (Å²) in [7, 11) is 0. The normalized spacial score (nSPS) is 16.8. The lowest BCUT2D eigenvalue weighted by molar-refractivity contribution is -0.120. The van der Waals surface area contributed by atoms with Crippen LogP contribution in [0, 0.1) is 0 Å². The standard InChI is InChI=1S/C15H12BrNO/c16-12-5-10(8-17-9-12)6-15(18)14-7-11-3-1-2-4-13(11)14/h1-5,8-9,14H,6-7H2. The summed E-state index contributed by atoms with van der Waals surface area (Å²) in [6, 6.07) is 10.1. The van der Waals surface area contributed by atoms with Crippen molar-refractivity contribution in [3.05, 3.63) is 63.9 Å². The highest BCUT2D eigenvalue weighted by molar-refractivity contribution is 9.10. The van der Waals surface area contributed by atoms with Gasteiger partial charge in [0.15, 0.2) is 0 Å². The van der Waals surface area contributed by atoms with Crippen LogP contribution in [0.5, 0.6) is 0 Å². The predicted molar refractivity (Wildman–Crippen MR) is 73.5 cm³/mol. The maximum Gasteiger partial charge on any atom is 0.145 e. The molecule has 1 unspecified atom stereocenters. The maximum atomic E-state index is 12.2. The third-order valence-corrected chi connectivity index (χ3v) is 3.82. The molecule has 3 rings (SSSR count). The Kier molecular flexibility index (Phi) is 3.00. The fraction of sp³-hybridized carbons (Fsp3) is 0.200. The topological polar surface area (TPSA) is 30.0 Å². The van der Waals surface area contributed by atoms with E-state index in [0.29, 0.717) is 6.42 Å². The fourth-order valence-corrected chi connectivity index (χ4v) is 2.84. The van der Waals surface area contributed by atoms with E-state index in [0.717, 1.165) is 16.5 Å². The van der Waals surface area contributed by atoms with Crippen LogP contribution >= 0.6 is 15.9 Å². The molecule has 0 amide bonds. The molecule has 0 radical (unpaired) electrons. The molecule has 1 atom stereocenters. The first-order valence-electron chi connectivity index (χ1n) is 5.94. The van der Waals surface area contributed by atoms with Crippen LogP contribution in [0.2, 0.25) is 0 Å². The van der Waals surface area contributed by atoms with E-state index in [1.54, 1.807) is 12.4 Å². The molecule has 0 N–H and O–H groups in total. The second-order valence-corrected chi connectivity index (χ2v) is 5.53. The van der Waals surface area contributed by atoms with Gasteiger partial charge in [0.2, 0.25) is 0 Å². The van der Waals surface area contributed by atoms with Crippen LogP contribution in [0.1, 0.15) is 22.6 Å². The van der Waals surface area contributed by atoms with Crippen molar-refractivity contribution in [3.8, 4) is 0 Å². The Balaban J connectivity index is 1.75. The number of carbonyl (C=O) groups excluding carboxylic acids is 1. The molecule has 90 valence electrons. The van der Waals surface area contributed by atoms with E-state index < -0.39 is 0 Å². The third kappa shape index (κ3) is 2.10. The van der Waals surface area contributed by atoms with Gasteiger partial charge < -0.3 is 0 Å². The lowest BCUT2D eigenvalue weighted by Gasteiger charge is -2.28. The number of benzene rings is 1. The summed E-state index contributed by atoms with van der Waals surface area (Å²) >= 11 is 3.37. The van der Waals surface area contributed by atoms with E-state index in [4.69, 9.17) is 0 Å². The van der Waals surface area contributed by atoms with Gasteiger partial charge >= 0.3 is 0 Å². The van der Waals surface area contributed by atoms with Gasteiger partial charge in [-0.15, -0.1) is 0 Å². The number of pyridine rings is 1. The van der Waals surface area contributed by atoms with Crippen LogP contribution in [0.3, 0.4) is 0 Å². The number of hydrogen-bond acceptors (Lipinski definition) is 2. The van der Waals surface area contributed by atoms with E-state index in [2.05, 4.69) is 33.0 Å². The second kappa shape index (κ2) is 4.65. The van der Waals surface area contributed by atoms with Gasteiger partial charge in [0, 0.05) is 29.2 Å². The first-order chi connectivity index (χ1) is 8.74. The number of Topliss-reactive ketones (excluding diaryl/α,β-unsaturated/α-hetero) is 1. The highest BCUT2D eigenvalue weighted by Gasteiger charge is 2.31. The summed E-state index contributed by atoms with van der Waals surface area (Å²) < 4.78 is 0.918. The molecule has 0 spiro atoms. The molecule has 1 aliphatic rings. The van der Waals surface area contributed by atoms with Crippen molar-refractivity contribution < 1.29 is 4.79 Å². The molecule has 2 nitrogen and oxygen atoms in total. The Labute approximate surface area is 114 Å². The van der Waals surface area contributed by atoms with E-state index in [-0.39, 0.29) is 11.7 Å². The zero-order valence-electron chi connectivity index (χ0n) is 9.77. The van der Waals surface area contributed by atoms with Crippen molar-refractivity contribution in [1.29, 1.82) is 0 Å². The molecular weight excluding hydrogens is 290 g/mol. The SMILES string of the molecule is O=C(Cc1cncc(Br)c1)C1Cc2ccccc21. The van der Waals surface area contributed by atoms with Gasteiger partial charge in [-0.05, 0) is 45.1 Å². The number of carbonyl (C=O) groups is 1. The number of halogens is 1. The monoisotopic (exact) mass is 301 g/mol. The van der Waals surface area contributed by atoms with Crippen LogP contribution in [0.25, 0.3) is 0 Å². The zero-order valence-corrected chi connectivity index (χ0v) is 11.4. The Morgan fingerprint density at radius 1 is 1.33 bits per heavy atom. The highest BCUT2D eigenvalue weighted by atomic mass is 79.9. The second-order valence-electron chi connectivity index (χ2n) is 4.61. The molecule has 1 aromatic carbocycles. The minimum atomic E-state index is 0.0835. The van der Waals surface area contributed by atoms with Crippen LogP contribution in [0.4, 0.5) is 0 Å². The maximum absolute atomic E-state index is 12.2. The van der Waals surface area contributed by atoms with Crippen LogP contribution in [-0.2, 0) is 17.6 Å². The molecule has 0 fully saturated rings. The average Bonchev–Trinajstić information content (AvgIpc) is 2.30. The van der Waals surface area contributed by atoms with Gasteiger partial charge in [0.25, 0.3) is 0 Å². The van der Waals surface area contributed by atoms with Crippen LogP contribution in [0.15, 0.2) is 47.2 Å². The predicted octanol–water partition coefficient (Wildman–Crippen LogP) is 3.30. The number of aromatic nitrogens is 1. The summed E-state index contributed by atoms with van der Waals surface area (Å²) in [4.78, 5) is 16.3. The van der Waals surface area contributed by atoms with Crippen molar-refractivity contribution in [2.24, 2.45) is 0 Å². The number of rotatable bonds is 3. The Bertz CT molecular complexity index is 609. The Hall–Kier alpha value is -1.48. The summed E-state index contributed by atoms with van der Waals surface area (Å²) in [6.45, 7) is 0. The summed E-state index contributed by atoms with van der Waals surface area (Å²) in [5.41, 5.74) is 3.48. The van der Waals surface area contributed by atoms with Gasteiger partial charge in [-0.3, -0.25) is 9.78 Å². The van der Waals surface area contributed by atoms with Crippen molar-refractivity contribution in [1.82, 2.24) is 4.98 Å². The molecule has 1 heterocycles. The molecule has 18 heavy (non-hydrogen) atoms. The quantitative estimate of drug-likeness (QED) is 0.871. The molecule has 1 aliphatic carbocycles. The molecular formula is C15H12BrNO. The zero-order chi connectivity index (χ0) is 12.5. The van der Waals surface area contributed by atoms with Crippen molar-refractivity contribution in [3.63, 3.8) is 0 Å². The molecule has 0 aliphatic heterocycles. The van der Waals surface area contributed by atoms with E-state index in [1.807, 2.05) is 18.2 Å². The first kappa shape index (κ1) is 11.6. The Morgan fingerprint density at radius 3 is 2.94 bits per heavy atom. The molecule has 2 aromatic rings. The number of nitrogens with zero attached hydrogens (tertiary/aromatic N) is 1. The Morgan fingerprint density at radius 2 is 2.17 bits per heavy atom. The van der Waals surface area contributed by atoms with Crippen LogP contribution < -0.4 is 0 Å². The number of ketones is 1. The molecule has 3 heteroatoms. The first-order valence-corrected chi connectivity index (χ1v) is 6.73. The number of hydrogen-bond donors (Lipinski definition) is 0. The van der Waals surface area contributed by atoms with Gasteiger partial charge in [0.05, 0.1) is 0 Å². The summed E-state index contributed by atoms with van der Waals surface area (Å²) in [5.74, 6) is 0.369. The lowest BCUT2D eigenvalue weighted by Crippen LogP contribution is -2.26. The number of fused-ring (bicyclic) bond motifs is 1. The van der Waals surface area contributed by atoms with Crippen molar-refractivity contribution in [2.45, 2.75) is 18.8 Å². The summed E-state index contributed by atoms with van der Waals surface area (Å²) in [5, 5.41) is 0. The van der Waals surface area contributed by atoms with Crippen LogP contribution in [-0.4, -0.2) is 10.8 Å². The smallest absolute Gasteiger partial charge is 0.145 e. The fourth-order valence-electron chi connectivity index (χ4n) is 2.42. The van der Waals surface area contributed by atoms with Gasteiger partial charge in [0.1, 0.15) is 5.78 Å². The van der Waals surface area contributed by atoms with Crippen molar-refractivity contribution in [2.75, 3.05) is 0 Å². The molecule has 0 bridgehead atoms. The van der Waals surface area contributed by atoms with E-state index >= 15 is 0 Å². The van der Waals surface area contributed by atoms with Gasteiger partial charge in [-0.1, -0.05) is 24.3 Å². The molecule has 0 saturated heterocycles. The minimum Gasteiger partial charge on any atom is -0.299 e. The summed E-state index contributed by atoms with van der Waals surface area (Å²) in [6.07, 6.45) is 4.84. The van der Waals surface area contributed by atoms with E-state index in [9.17, 15) is 4.79 Å². The van der Waals surface area contributed by atoms with Gasteiger partial charge in [-0.2, -0.15) is 0 Å². The minimum absolute atomic E-state index is 0.0835. The average molecular weight is 302 g/mol.